The SMILES string of the molecule is Clc1ccc(Nc2cnnc(Cl)n2)cc1. The molecule has 0 atom stereocenters. The molecule has 4 nitrogen and oxygen atoms in total. The number of halogens is 2. The minimum absolute atomic E-state index is 0.106. The Hall–Kier alpha value is -1.39. The first kappa shape index (κ1) is 10.1. The Kier molecular flexibility index (Phi) is 2.99. The lowest BCUT2D eigenvalue weighted by molar-refractivity contribution is 0.974. The van der Waals surface area contributed by atoms with Crippen molar-refractivity contribution in [1.82, 2.24) is 15.2 Å². The number of benzene rings is 1. The molecule has 0 radical (unpaired) electrons. The summed E-state index contributed by atoms with van der Waals surface area (Å²) in [5.41, 5.74) is 0.857. The van der Waals surface area contributed by atoms with E-state index in [1.54, 1.807) is 12.1 Å². The van der Waals surface area contributed by atoms with Crippen LogP contribution in [-0.4, -0.2) is 15.2 Å². The molecule has 1 aromatic heterocycles. The zero-order chi connectivity index (χ0) is 10.7. The molecule has 0 unspecified atom stereocenters. The van der Waals surface area contributed by atoms with Crippen molar-refractivity contribution in [1.29, 1.82) is 0 Å². The van der Waals surface area contributed by atoms with Crippen molar-refractivity contribution in [2.45, 2.75) is 0 Å². The standard InChI is InChI=1S/C9H6Cl2N4/c10-6-1-3-7(4-2-6)13-8-5-12-15-9(11)14-8/h1-5H,(H,13,14,15). The van der Waals surface area contributed by atoms with Crippen LogP contribution in [0.25, 0.3) is 0 Å². The van der Waals surface area contributed by atoms with Gasteiger partial charge in [0.15, 0.2) is 5.82 Å². The third-order valence-corrected chi connectivity index (χ3v) is 2.06. The summed E-state index contributed by atoms with van der Waals surface area (Å²) in [5.74, 6) is 0.539. The largest absolute Gasteiger partial charge is 0.339 e. The van der Waals surface area contributed by atoms with Crippen molar-refractivity contribution in [3.05, 3.63) is 40.8 Å². The van der Waals surface area contributed by atoms with Crippen LogP contribution in [0, 0.1) is 0 Å². The highest BCUT2D eigenvalue weighted by Crippen LogP contribution is 2.17. The molecule has 0 bridgehead atoms. The van der Waals surface area contributed by atoms with E-state index >= 15 is 0 Å². The van der Waals surface area contributed by atoms with E-state index in [2.05, 4.69) is 20.5 Å². The lowest BCUT2D eigenvalue weighted by atomic mass is 10.3. The first-order valence-corrected chi connectivity index (χ1v) is 4.87. The van der Waals surface area contributed by atoms with Gasteiger partial charge in [0.05, 0.1) is 6.20 Å². The Morgan fingerprint density at radius 2 is 1.80 bits per heavy atom. The molecule has 0 saturated heterocycles. The molecule has 0 saturated carbocycles. The van der Waals surface area contributed by atoms with E-state index in [1.807, 2.05) is 12.1 Å². The molecule has 0 amide bonds. The Balaban J connectivity index is 2.18. The fourth-order valence-corrected chi connectivity index (χ4v) is 1.28. The smallest absolute Gasteiger partial charge is 0.244 e. The summed E-state index contributed by atoms with van der Waals surface area (Å²) >= 11 is 11.3. The van der Waals surface area contributed by atoms with E-state index in [0.717, 1.165) is 5.69 Å². The highest BCUT2D eigenvalue weighted by Gasteiger charge is 1.98. The van der Waals surface area contributed by atoms with Crippen LogP contribution in [-0.2, 0) is 0 Å². The second-order valence-corrected chi connectivity index (χ2v) is 3.52. The number of anilines is 2. The third kappa shape index (κ3) is 2.78. The van der Waals surface area contributed by atoms with Crippen LogP contribution >= 0.6 is 23.2 Å². The molecule has 0 aliphatic carbocycles. The van der Waals surface area contributed by atoms with Crippen molar-refractivity contribution < 1.29 is 0 Å². The maximum Gasteiger partial charge on any atom is 0.244 e. The van der Waals surface area contributed by atoms with Gasteiger partial charge < -0.3 is 5.32 Å². The second-order valence-electron chi connectivity index (χ2n) is 2.74. The van der Waals surface area contributed by atoms with Crippen LogP contribution in [0.2, 0.25) is 10.3 Å². The number of rotatable bonds is 2. The minimum atomic E-state index is 0.106. The molecule has 1 aromatic carbocycles. The highest BCUT2D eigenvalue weighted by atomic mass is 35.5. The molecular formula is C9H6Cl2N4. The van der Waals surface area contributed by atoms with Gasteiger partial charge in [0, 0.05) is 10.7 Å². The summed E-state index contributed by atoms with van der Waals surface area (Å²) in [7, 11) is 0. The van der Waals surface area contributed by atoms with Gasteiger partial charge in [0.1, 0.15) is 0 Å². The predicted molar refractivity (Wildman–Crippen MR) is 59.6 cm³/mol. The van der Waals surface area contributed by atoms with Gasteiger partial charge in [0.25, 0.3) is 0 Å². The molecule has 1 heterocycles. The summed E-state index contributed by atoms with van der Waals surface area (Å²) in [4.78, 5) is 3.94. The van der Waals surface area contributed by atoms with Gasteiger partial charge in [-0.1, -0.05) is 11.6 Å². The Morgan fingerprint density at radius 3 is 2.47 bits per heavy atom. The van der Waals surface area contributed by atoms with Gasteiger partial charge in [0.2, 0.25) is 5.28 Å². The monoisotopic (exact) mass is 240 g/mol. The summed E-state index contributed by atoms with van der Waals surface area (Å²) < 4.78 is 0. The molecule has 2 aromatic rings. The lowest BCUT2D eigenvalue weighted by Crippen LogP contribution is -1.96. The lowest BCUT2D eigenvalue weighted by Gasteiger charge is -2.04. The summed E-state index contributed by atoms with van der Waals surface area (Å²) in [5, 5.41) is 11.0. The van der Waals surface area contributed by atoms with Crippen molar-refractivity contribution in [2.75, 3.05) is 5.32 Å². The van der Waals surface area contributed by atoms with Crippen LogP contribution in [0.5, 0.6) is 0 Å². The average Bonchev–Trinajstić information content (AvgIpc) is 2.22. The Labute approximate surface area is 96.3 Å². The van der Waals surface area contributed by atoms with Gasteiger partial charge in [-0.25, -0.2) is 0 Å². The van der Waals surface area contributed by atoms with Crippen molar-refractivity contribution in [3.63, 3.8) is 0 Å². The third-order valence-electron chi connectivity index (χ3n) is 1.65. The fourth-order valence-electron chi connectivity index (χ4n) is 1.02. The summed E-state index contributed by atoms with van der Waals surface area (Å²) in [6, 6.07) is 7.22. The topological polar surface area (TPSA) is 50.7 Å². The predicted octanol–water partition coefficient (Wildman–Crippen LogP) is 2.92. The molecule has 0 aliphatic rings. The van der Waals surface area contributed by atoms with Gasteiger partial charge in [-0.2, -0.15) is 10.1 Å². The van der Waals surface area contributed by atoms with E-state index in [9.17, 15) is 0 Å². The Bertz CT molecular complexity index is 458. The summed E-state index contributed by atoms with van der Waals surface area (Å²) in [6.45, 7) is 0. The maximum atomic E-state index is 5.75. The number of hydrogen-bond acceptors (Lipinski definition) is 4. The van der Waals surface area contributed by atoms with E-state index in [0.29, 0.717) is 10.8 Å². The van der Waals surface area contributed by atoms with Crippen LogP contribution in [0.4, 0.5) is 11.5 Å². The molecule has 76 valence electrons. The molecule has 15 heavy (non-hydrogen) atoms. The average molecular weight is 241 g/mol. The Morgan fingerprint density at radius 1 is 1.07 bits per heavy atom. The summed E-state index contributed by atoms with van der Waals surface area (Å²) in [6.07, 6.45) is 1.49. The molecule has 0 spiro atoms. The van der Waals surface area contributed by atoms with Crippen LogP contribution in [0.15, 0.2) is 30.5 Å². The molecule has 0 fully saturated rings. The quantitative estimate of drug-likeness (QED) is 0.878. The molecule has 1 N–H and O–H groups in total. The maximum absolute atomic E-state index is 5.75. The zero-order valence-electron chi connectivity index (χ0n) is 7.48. The fraction of sp³-hybridized carbons (Fsp3) is 0. The van der Waals surface area contributed by atoms with Gasteiger partial charge in [-0.15, -0.1) is 5.10 Å². The van der Waals surface area contributed by atoms with Crippen LogP contribution in [0.3, 0.4) is 0 Å². The first-order chi connectivity index (χ1) is 7.24. The van der Waals surface area contributed by atoms with Crippen LogP contribution in [0.1, 0.15) is 0 Å². The van der Waals surface area contributed by atoms with E-state index in [4.69, 9.17) is 23.2 Å². The molecular weight excluding hydrogens is 235 g/mol. The number of nitrogens with one attached hydrogen (secondary N) is 1. The van der Waals surface area contributed by atoms with E-state index < -0.39 is 0 Å². The van der Waals surface area contributed by atoms with E-state index in [-0.39, 0.29) is 5.28 Å². The molecule has 6 heteroatoms. The highest BCUT2D eigenvalue weighted by molar-refractivity contribution is 6.30. The number of hydrogen-bond donors (Lipinski definition) is 1. The van der Waals surface area contributed by atoms with Gasteiger partial charge >= 0.3 is 0 Å². The van der Waals surface area contributed by atoms with Crippen molar-refractivity contribution in [2.24, 2.45) is 0 Å². The minimum Gasteiger partial charge on any atom is -0.339 e. The molecule has 2 rings (SSSR count). The van der Waals surface area contributed by atoms with Crippen LogP contribution < -0.4 is 5.32 Å². The van der Waals surface area contributed by atoms with Gasteiger partial charge in [-0.05, 0) is 35.9 Å². The van der Waals surface area contributed by atoms with E-state index in [1.165, 1.54) is 6.20 Å². The van der Waals surface area contributed by atoms with Crippen molar-refractivity contribution >= 4 is 34.7 Å². The normalized spacial score (nSPS) is 10.0. The second kappa shape index (κ2) is 4.42. The zero-order valence-corrected chi connectivity index (χ0v) is 9.00. The van der Waals surface area contributed by atoms with Gasteiger partial charge in [-0.3, -0.25) is 0 Å². The number of nitrogens with zero attached hydrogens (tertiary/aromatic N) is 3. The number of aromatic nitrogens is 3. The molecule has 0 aliphatic heterocycles. The first-order valence-electron chi connectivity index (χ1n) is 4.12. The van der Waals surface area contributed by atoms with Crippen molar-refractivity contribution in [3.8, 4) is 0 Å².